The van der Waals surface area contributed by atoms with Crippen molar-refractivity contribution in [3.05, 3.63) is 78.0 Å². The van der Waals surface area contributed by atoms with E-state index in [0.29, 0.717) is 26.2 Å². The number of amides is 1. The van der Waals surface area contributed by atoms with Crippen molar-refractivity contribution in [3.8, 4) is 0 Å². The molecular weight excluding hydrogens is 460 g/mol. The first kappa shape index (κ1) is 23.5. The van der Waals surface area contributed by atoms with Gasteiger partial charge in [0.15, 0.2) is 0 Å². The van der Waals surface area contributed by atoms with Crippen LogP contribution in [0.25, 0.3) is 16.8 Å². The van der Waals surface area contributed by atoms with Crippen molar-refractivity contribution in [2.24, 2.45) is 5.92 Å². The predicted octanol–water partition coefficient (Wildman–Crippen LogP) is 3.60. The van der Waals surface area contributed by atoms with E-state index >= 15 is 0 Å². The number of piperidine rings is 1. The number of carbonyl (C=O) groups is 1. The lowest BCUT2D eigenvalue weighted by Gasteiger charge is -2.38. The molecule has 35 heavy (non-hydrogen) atoms. The Labute approximate surface area is 206 Å². The molecule has 0 radical (unpaired) electrons. The fourth-order valence-corrected chi connectivity index (χ4v) is 6.10. The van der Waals surface area contributed by atoms with E-state index in [4.69, 9.17) is 0 Å². The van der Waals surface area contributed by atoms with Gasteiger partial charge in [0.25, 0.3) is 0 Å². The van der Waals surface area contributed by atoms with Gasteiger partial charge in [-0.2, -0.15) is 4.31 Å². The van der Waals surface area contributed by atoms with E-state index in [1.54, 1.807) is 18.5 Å². The summed E-state index contributed by atoms with van der Waals surface area (Å²) in [7, 11) is -3.54. The number of anilines is 1. The minimum atomic E-state index is -3.54. The minimum Gasteiger partial charge on any atom is -0.371 e. The largest absolute Gasteiger partial charge is 0.371 e. The molecule has 2 aliphatic heterocycles. The Hall–Kier alpha value is -3.23. The Morgan fingerprint density at radius 1 is 0.857 bits per heavy atom. The summed E-state index contributed by atoms with van der Waals surface area (Å²) in [6.45, 7) is 3.21. The Bertz CT molecular complexity index is 1310. The highest BCUT2D eigenvalue weighted by atomic mass is 32.2. The van der Waals surface area contributed by atoms with Gasteiger partial charge in [-0.05, 0) is 53.5 Å². The van der Waals surface area contributed by atoms with Gasteiger partial charge in [-0.1, -0.05) is 36.4 Å². The van der Waals surface area contributed by atoms with Crippen LogP contribution in [0.15, 0.2) is 72.4 Å². The predicted molar refractivity (Wildman–Crippen MR) is 139 cm³/mol. The number of pyridine rings is 1. The molecule has 0 aliphatic carbocycles. The van der Waals surface area contributed by atoms with Crippen molar-refractivity contribution >= 4 is 38.5 Å². The second kappa shape index (κ2) is 10.2. The summed E-state index contributed by atoms with van der Waals surface area (Å²) in [5, 5.41) is 3.48. The van der Waals surface area contributed by atoms with Crippen molar-refractivity contribution in [2.45, 2.75) is 12.8 Å². The molecule has 0 unspecified atom stereocenters. The van der Waals surface area contributed by atoms with Crippen LogP contribution in [0.2, 0.25) is 0 Å². The van der Waals surface area contributed by atoms with Crippen LogP contribution in [0.4, 0.5) is 5.69 Å². The molecule has 3 aromatic rings. The molecule has 0 spiro atoms. The van der Waals surface area contributed by atoms with E-state index in [1.807, 2.05) is 59.5 Å². The molecule has 3 heterocycles. The number of nitrogens with zero attached hydrogens (tertiary/aromatic N) is 4. The second-order valence-corrected chi connectivity index (χ2v) is 11.0. The van der Waals surface area contributed by atoms with Gasteiger partial charge in [-0.15, -0.1) is 0 Å². The Balaban J connectivity index is 1.14. The molecule has 5 rings (SSSR count). The first-order valence-electron chi connectivity index (χ1n) is 12.1. The molecule has 7 nitrogen and oxygen atoms in total. The maximum absolute atomic E-state index is 13.1. The third-order valence-electron chi connectivity index (χ3n) is 6.99. The highest BCUT2D eigenvalue weighted by Gasteiger charge is 2.32. The monoisotopic (exact) mass is 490 g/mol. The molecule has 2 saturated heterocycles. The number of fused-ring (bicyclic) bond motifs is 1. The Morgan fingerprint density at radius 3 is 2.26 bits per heavy atom. The first-order chi connectivity index (χ1) is 17.0. The number of piperazine rings is 1. The molecule has 2 aromatic carbocycles. The summed E-state index contributed by atoms with van der Waals surface area (Å²) < 4.78 is 27.3. The number of hydrogen-bond acceptors (Lipinski definition) is 5. The second-order valence-electron chi connectivity index (χ2n) is 9.15. The average molecular weight is 491 g/mol. The van der Waals surface area contributed by atoms with Crippen LogP contribution in [0.3, 0.4) is 0 Å². The standard InChI is InChI=1S/C27H30N4O3S/c32-27(24-9-14-29(15-10-24)26-7-12-28-13-8-26)30-16-18-31(19-17-30)35(33,34)20-11-22-5-6-23-3-1-2-4-25(23)21-22/h1-8,11-13,20-21,24H,9-10,14-19H2/b20-11+. The van der Waals surface area contributed by atoms with Crippen molar-refractivity contribution in [3.63, 3.8) is 0 Å². The van der Waals surface area contributed by atoms with E-state index in [9.17, 15) is 13.2 Å². The lowest BCUT2D eigenvalue weighted by molar-refractivity contribution is -0.137. The molecule has 1 amide bonds. The lowest BCUT2D eigenvalue weighted by Crippen LogP contribution is -2.52. The third-order valence-corrected chi connectivity index (χ3v) is 8.55. The summed E-state index contributed by atoms with van der Waals surface area (Å²) >= 11 is 0. The average Bonchev–Trinajstić information content (AvgIpc) is 2.92. The number of carbonyl (C=O) groups excluding carboxylic acids is 1. The van der Waals surface area contributed by atoms with Crippen LogP contribution < -0.4 is 4.90 Å². The van der Waals surface area contributed by atoms with Gasteiger partial charge in [0.2, 0.25) is 15.9 Å². The zero-order valence-corrected chi connectivity index (χ0v) is 20.5. The molecular formula is C27H30N4O3S. The van der Waals surface area contributed by atoms with Gasteiger partial charge in [0.1, 0.15) is 0 Å². The van der Waals surface area contributed by atoms with Gasteiger partial charge >= 0.3 is 0 Å². The van der Waals surface area contributed by atoms with E-state index in [1.165, 1.54) is 9.71 Å². The topological polar surface area (TPSA) is 73.8 Å². The fraction of sp³-hybridized carbons (Fsp3) is 0.333. The van der Waals surface area contributed by atoms with Gasteiger partial charge in [-0.3, -0.25) is 9.78 Å². The summed E-state index contributed by atoms with van der Waals surface area (Å²) in [5.41, 5.74) is 1.99. The van der Waals surface area contributed by atoms with Crippen molar-refractivity contribution < 1.29 is 13.2 Å². The highest BCUT2D eigenvalue weighted by molar-refractivity contribution is 7.92. The molecule has 2 aliphatic rings. The van der Waals surface area contributed by atoms with Crippen molar-refractivity contribution in [1.82, 2.24) is 14.2 Å². The van der Waals surface area contributed by atoms with E-state index < -0.39 is 10.0 Å². The van der Waals surface area contributed by atoms with Crippen molar-refractivity contribution in [1.29, 1.82) is 0 Å². The number of aromatic nitrogens is 1. The summed E-state index contributed by atoms with van der Waals surface area (Å²) in [6.07, 6.45) is 6.85. The van der Waals surface area contributed by atoms with Gasteiger partial charge in [-0.25, -0.2) is 8.42 Å². The Morgan fingerprint density at radius 2 is 1.54 bits per heavy atom. The molecule has 0 atom stereocenters. The van der Waals surface area contributed by atoms with Crippen molar-refractivity contribution in [2.75, 3.05) is 44.2 Å². The maximum Gasteiger partial charge on any atom is 0.236 e. The molecule has 0 bridgehead atoms. The van der Waals surface area contributed by atoms with Gasteiger partial charge in [0, 0.05) is 68.7 Å². The molecule has 8 heteroatoms. The van der Waals surface area contributed by atoms with Gasteiger partial charge < -0.3 is 9.80 Å². The van der Waals surface area contributed by atoms with Gasteiger partial charge in [0.05, 0.1) is 0 Å². The smallest absolute Gasteiger partial charge is 0.236 e. The zero-order chi connectivity index (χ0) is 24.3. The van der Waals surface area contributed by atoms with Crippen LogP contribution in [0.5, 0.6) is 0 Å². The quantitative estimate of drug-likeness (QED) is 0.547. The number of benzene rings is 2. The number of sulfonamides is 1. The van der Waals surface area contributed by atoms with Crippen LogP contribution in [-0.2, 0) is 14.8 Å². The van der Waals surface area contributed by atoms with E-state index in [0.717, 1.165) is 48.0 Å². The molecule has 2 fully saturated rings. The highest BCUT2D eigenvalue weighted by Crippen LogP contribution is 2.25. The van der Waals surface area contributed by atoms with Crippen LogP contribution in [0.1, 0.15) is 18.4 Å². The number of hydrogen-bond donors (Lipinski definition) is 0. The summed E-state index contributed by atoms with van der Waals surface area (Å²) in [6, 6.07) is 17.9. The van der Waals surface area contributed by atoms with E-state index in [-0.39, 0.29) is 11.8 Å². The molecule has 182 valence electrons. The summed E-state index contributed by atoms with van der Waals surface area (Å²) in [5.74, 6) is 0.159. The van der Waals surface area contributed by atoms with Crippen LogP contribution in [0, 0.1) is 5.92 Å². The first-order valence-corrected chi connectivity index (χ1v) is 13.6. The normalized spacial score (nSPS) is 18.4. The Kier molecular flexibility index (Phi) is 6.83. The summed E-state index contributed by atoms with van der Waals surface area (Å²) in [4.78, 5) is 21.3. The van der Waals surface area contributed by atoms with E-state index in [2.05, 4.69) is 9.88 Å². The minimum absolute atomic E-state index is 0.00374. The lowest BCUT2D eigenvalue weighted by atomic mass is 9.94. The fourth-order valence-electron chi connectivity index (χ4n) is 4.92. The van der Waals surface area contributed by atoms with Crippen LogP contribution in [-0.4, -0.2) is 67.8 Å². The van der Waals surface area contributed by atoms with Crippen LogP contribution >= 0.6 is 0 Å². The molecule has 1 aromatic heterocycles. The molecule has 0 saturated carbocycles. The zero-order valence-electron chi connectivity index (χ0n) is 19.7. The molecule has 0 N–H and O–H groups in total. The maximum atomic E-state index is 13.1. The number of rotatable bonds is 5. The SMILES string of the molecule is O=C(C1CCN(c2ccncc2)CC1)N1CCN(S(=O)(=O)/C=C/c2ccc3ccccc3c2)CC1. The third kappa shape index (κ3) is 5.39.